The molecule has 3 heteroatoms. The third-order valence-corrected chi connectivity index (χ3v) is 9.66. The van der Waals surface area contributed by atoms with Gasteiger partial charge in [0, 0.05) is 0 Å². The van der Waals surface area contributed by atoms with Gasteiger partial charge in [-0.1, -0.05) is 0 Å². The molecule has 0 unspecified atom stereocenters. The summed E-state index contributed by atoms with van der Waals surface area (Å²) in [5.41, 5.74) is 0. The van der Waals surface area contributed by atoms with E-state index >= 15 is 0 Å². The Kier molecular flexibility index (Phi) is 4.17. The first-order chi connectivity index (χ1) is 8.20. The molecule has 0 amide bonds. The maximum atomic E-state index is 12.9. The fraction of sp³-hybridized carbons (Fsp3) is 0.143. The zero-order chi connectivity index (χ0) is 12.3. The van der Waals surface area contributed by atoms with Gasteiger partial charge >= 0.3 is 107 Å². The summed E-state index contributed by atoms with van der Waals surface area (Å²) >= 11 is -1.78. The molecule has 0 atom stereocenters. The van der Waals surface area contributed by atoms with E-state index in [-0.39, 0.29) is 11.6 Å². The van der Waals surface area contributed by atoms with Gasteiger partial charge in [-0.15, -0.1) is 0 Å². The van der Waals surface area contributed by atoms with Crippen LogP contribution < -0.4 is 7.02 Å². The molecule has 0 nitrogen and oxygen atoms in total. The van der Waals surface area contributed by atoms with Gasteiger partial charge in [0.2, 0.25) is 0 Å². The summed E-state index contributed by atoms with van der Waals surface area (Å²) in [4.78, 5) is 0. The summed E-state index contributed by atoms with van der Waals surface area (Å²) in [6, 6.07) is 13.5. The molecular weight excluding hydrogens is 328 g/mol. The molecule has 0 N–H and O–H groups in total. The van der Waals surface area contributed by atoms with Crippen molar-refractivity contribution in [2.75, 3.05) is 0 Å². The van der Waals surface area contributed by atoms with E-state index in [1.54, 1.807) is 0 Å². The van der Waals surface area contributed by atoms with Crippen molar-refractivity contribution in [3.05, 3.63) is 60.2 Å². The van der Waals surface area contributed by atoms with Crippen LogP contribution in [0.4, 0.5) is 8.78 Å². The fourth-order valence-corrected chi connectivity index (χ4v) is 7.60. The Bertz CT molecular complexity index is 431. The summed E-state index contributed by atoms with van der Waals surface area (Å²) in [7, 11) is 0. The van der Waals surface area contributed by atoms with Crippen LogP contribution in [0.1, 0.15) is 6.92 Å². The van der Waals surface area contributed by atoms with E-state index in [9.17, 15) is 8.78 Å². The number of hydrogen-bond donors (Lipinski definition) is 0. The normalized spacial score (nSPS) is 10.8. The molecule has 0 radical (unpaired) electrons. The Morgan fingerprint density at radius 3 is 1.41 bits per heavy atom. The molecule has 0 aliphatic rings. The van der Waals surface area contributed by atoms with E-state index in [0.29, 0.717) is 0 Å². The molecule has 2 aromatic rings. The first-order valence-corrected chi connectivity index (χ1v) is 9.85. The van der Waals surface area contributed by atoms with E-state index in [0.717, 1.165) is 4.37 Å². The van der Waals surface area contributed by atoms with Crippen molar-refractivity contribution < 1.29 is 8.78 Å². The van der Waals surface area contributed by atoms with Crippen molar-refractivity contribution in [2.24, 2.45) is 0 Å². The topological polar surface area (TPSA) is 0 Å². The van der Waals surface area contributed by atoms with Crippen LogP contribution in [-0.2, 0) is 0 Å². The molecule has 0 aromatic heterocycles. The van der Waals surface area contributed by atoms with Crippen LogP contribution in [0.2, 0.25) is 4.37 Å². The molecule has 0 aliphatic heterocycles. The number of hydrogen-bond acceptors (Lipinski definition) is 0. The second-order valence-electron chi connectivity index (χ2n) is 3.70. The van der Waals surface area contributed by atoms with Crippen LogP contribution in [0.3, 0.4) is 0 Å². The number of halogens is 2. The van der Waals surface area contributed by atoms with E-state index in [4.69, 9.17) is 0 Å². The fourth-order valence-electron chi connectivity index (χ4n) is 1.76. The molecule has 88 valence electrons. The van der Waals surface area contributed by atoms with Gasteiger partial charge in [0.15, 0.2) is 0 Å². The Hall–Kier alpha value is -0.882. The van der Waals surface area contributed by atoms with Crippen molar-refractivity contribution in [3.8, 4) is 0 Å². The first-order valence-electron chi connectivity index (χ1n) is 5.49. The van der Waals surface area contributed by atoms with Crippen molar-refractivity contribution >= 4 is 27.2 Å². The van der Waals surface area contributed by atoms with Crippen LogP contribution in [-0.4, -0.2) is 20.2 Å². The minimum atomic E-state index is -1.78. The van der Waals surface area contributed by atoms with E-state index in [2.05, 4.69) is 6.92 Å². The third-order valence-electron chi connectivity index (χ3n) is 2.59. The van der Waals surface area contributed by atoms with Crippen LogP contribution in [0.15, 0.2) is 48.5 Å². The Balaban J connectivity index is 2.33. The first kappa shape index (κ1) is 12.6. The molecule has 2 rings (SSSR count). The van der Waals surface area contributed by atoms with Gasteiger partial charge < -0.3 is 0 Å². The van der Waals surface area contributed by atoms with Crippen LogP contribution in [0, 0.1) is 11.6 Å². The second kappa shape index (κ2) is 5.64. The second-order valence-corrected chi connectivity index (χ2v) is 10.9. The van der Waals surface area contributed by atoms with E-state index < -0.39 is 20.2 Å². The maximum absolute atomic E-state index is 12.9. The summed E-state index contributed by atoms with van der Waals surface area (Å²) in [5, 5.41) is 0. The molecule has 0 heterocycles. The predicted octanol–water partition coefficient (Wildman–Crippen LogP) is 2.59. The zero-order valence-electron chi connectivity index (χ0n) is 9.53. The summed E-state index contributed by atoms with van der Waals surface area (Å²) in [6.07, 6.45) is 0. The zero-order valence-corrected chi connectivity index (χ0v) is 12.1. The number of benzene rings is 2. The molecule has 0 fully saturated rings. The van der Waals surface area contributed by atoms with Crippen molar-refractivity contribution in [1.82, 2.24) is 0 Å². The third kappa shape index (κ3) is 3.07. The average Bonchev–Trinajstić information content (AvgIpc) is 2.35. The monoisotopic (exact) mass is 340 g/mol. The average molecular weight is 341 g/mol. The summed E-state index contributed by atoms with van der Waals surface area (Å²) in [6.45, 7) is 2.15. The molecule has 0 saturated carbocycles. The molecule has 2 aromatic carbocycles. The van der Waals surface area contributed by atoms with E-state index in [1.165, 1.54) is 31.3 Å². The molecule has 0 spiro atoms. The Labute approximate surface area is 107 Å². The Morgan fingerprint density at radius 1 is 0.765 bits per heavy atom. The van der Waals surface area contributed by atoms with Gasteiger partial charge in [-0.3, -0.25) is 0 Å². The van der Waals surface area contributed by atoms with Crippen molar-refractivity contribution in [2.45, 2.75) is 11.3 Å². The van der Waals surface area contributed by atoms with Crippen molar-refractivity contribution in [1.29, 1.82) is 0 Å². The van der Waals surface area contributed by atoms with Crippen LogP contribution >= 0.6 is 0 Å². The van der Waals surface area contributed by atoms with Crippen molar-refractivity contribution in [3.63, 3.8) is 0 Å². The predicted molar refractivity (Wildman–Crippen MR) is 68.3 cm³/mol. The van der Waals surface area contributed by atoms with Gasteiger partial charge in [-0.25, -0.2) is 0 Å². The molecule has 0 bridgehead atoms. The summed E-state index contributed by atoms with van der Waals surface area (Å²) < 4.78 is 29.3. The van der Waals surface area contributed by atoms with Crippen LogP contribution in [0.25, 0.3) is 0 Å². The SMILES string of the molecule is C[CH2][Sb]([c]1ccc(F)cc1)[c]1ccc(F)cc1. The quantitative estimate of drug-likeness (QED) is 0.753. The van der Waals surface area contributed by atoms with Gasteiger partial charge in [-0.2, -0.15) is 0 Å². The Morgan fingerprint density at radius 2 is 1.12 bits per heavy atom. The number of rotatable bonds is 3. The minimum absolute atomic E-state index is 0.204. The standard InChI is InChI=1S/2C6H4F.C2H5.Sb/c2*7-6-4-2-1-3-5-6;1-2;/h2*2-5H;1H2,2H3;. The van der Waals surface area contributed by atoms with E-state index in [1.807, 2.05) is 24.3 Å². The molecular formula is C14H13F2Sb. The van der Waals surface area contributed by atoms with Gasteiger partial charge in [0.25, 0.3) is 0 Å². The van der Waals surface area contributed by atoms with Gasteiger partial charge in [0.05, 0.1) is 0 Å². The summed E-state index contributed by atoms with van der Waals surface area (Å²) in [5.74, 6) is -0.409. The van der Waals surface area contributed by atoms with Crippen LogP contribution in [0.5, 0.6) is 0 Å². The van der Waals surface area contributed by atoms with Gasteiger partial charge in [0.1, 0.15) is 0 Å². The molecule has 17 heavy (non-hydrogen) atoms. The van der Waals surface area contributed by atoms with Gasteiger partial charge in [-0.05, 0) is 0 Å². The molecule has 0 aliphatic carbocycles. The molecule has 0 saturated heterocycles.